The summed E-state index contributed by atoms with van der Waals surface area (Å²) in [5.74, 6) is -3.75. The Hall–Kier alpha value is -1.40. The van der Waals surface area contributed by atoms with Gasteiger partial charge in [-0.25, -0.2) is 4.79 Å². The molecule has 0 fully saturated rings. The number of Topliss-reactive ketones (excluding diaryl/α,β-unsaturated/α-hetero) is 1. The number of carbonyl (C=O) groups is 2. The smallest absolute Gasteiger partial charge is 0.379 e. The maximum absolute atomic E-state index is 11.8. The van der Waals surface area contributed by atoms with Gasteiger partial charge in [-0.2, -0.15) is 0 Å². The van der Waals surface area contributed by atoms with Crippen LogP contribution in [-0.2, 0) is 23.8 Å². The van der Waals surface area contributed by atoms with Gasteiger partial charge in [0.2, 0.25) is 0 Å². The van der Waals surface area contributed by atoms with Crippen LogP contribution >= 0.6 is 0 Å². The minimum Gasteiger partial charge on any atom is -0.461 e. The first-order chi connectivity index (χ1) is 8.84. The van der Waals surface area contributed by atoms with Crippen molar-refractivity contribution >= 4 is 11.8 Å². The van der Waals surface area contributed by atoms with Crippen LogP contribution in [0, 0.1) is 5.92 Å². The van der Waals surface area contributed by atoms with E-state index in [1.165, 1.54) is 14.0 Å². The highest BCUT2D eigenvalue weighted by molar-refractivity contribution is 5.92. The second kappa shape index (κ2) is 6.16. The number of hydrogen-bond acceptors (Lipinski definition) is 6. The summed E-state index contributed by atoms with van der Waals surface area (Å²) < 4.78 is 15.1. The van der Waals surface area contributed by atoms with Crippen molar-refractivity contribution in [2.24, 2.45) is 5.92 Å². The molecule has 6 heteroatoms. The third-order valence-corrected chi connectivity index (χ3v) is 3.07. The predicted octanol–water partition coefficient (Wildman–Crippen LogP) is 0.782. The molecule has 3 atom stereocenters. The molecular weight excluding hydrogens is 252 g/mol. The van der Waals surface area contributed by atoms with Crippen molar-refractivity contribution in [3.63, 3.8) is 0 Å². The number of esters is 1. The first kappa shape index (κ1) is 15.7. The standard InChI is InChI=1S/C13H20O6/c1-5-18-12(15)13(16)7-10(9(3)17-4)6-11(19-13)8(2)14/h6,9-10,16H,5,7H2,1-4H3. The molecule has 1 N–H and O–H groups in total. The lowest BCUT2D eigenvalue weighted by molar-refractivity contribution is -0.226. The molecule has 1 heterocycles. The Bertz CT molecular complexity index is 389. The van der Waals surface area contributed by atoms with E-state index in [1.807, 2.05) is 0 Å². The summed E-state index contributed by atoms with van der Waals surface area (Å²) >= 11 is 0. The molecule has 0 radical (unpaired) electrons. The van der Waals surface area contributed by atoms with Crippen molar-refractivity contribution in [1.82, 2.24) is 0 Å². The Morgan fingerprint density at radius 2 is 2.26 bits per heavy atom. The fourth-order valence-electron chi connectivity index (χ4n) is 1.86. The summed E-state index contributed by atoms with van der Waals surface area (Å²) in [4.78, 5) is 23.2. The molecular formula is C13H20O6. The fourth-order valence-corrected chi connectivity index (χ4v) is 1.86. The molecule has 0 saturated heterocycles. The number of methoxy groups -OCH3 is 1. The van der Waals surface area contributed by atoms with Crippen molar-refractivity contribution in [1.29, 1.82) is 0 Å². The first-order valence-corrected chi connectivity index (χ1v) is 6.18. The van der Waals surface area contributed by atoms with Gasteiger partial charge in [-0.15, -0.1) is 0 Å². The van der Waals surface area contributed by atoms with E-state index in [0.717, 1.165) is 0 Å². The van der Waals surface area contributed by atoms with Crippen LogP contribution in [-0.4, -0.2) is 42.5 Å². The molecule has 1 aliphatic heterocycles. The van der Waals surface area contributed by atoms with Crippen LogP contribution in [0.5, 0.6) is 0 Å². The van der Waals surface area contributed by atoms with Gasteiger partial charge in [0.05, 0.1) is 12.7 Å². The van der Waals surface area contributed by atoms with E-state index in [1.54, 1.807) is 19.9 Å². The van der Waals surface area contributed by atoms with Gasteiger partial charge in [0.1, 0.15) is 0 Å². The summed E-state index contributed by atoms with van der Waals surface area (Å²) in [7, 11) is 1.52. The molecule has 6 nitrogen and oxygen atoms in total. The van der Waals surface area contributed by atoms with Crippen LogP contribution in [0.3, 0.4) is 0 Å². The van der Waals surface area contributed by atoms with Crippen molar-refractivity contribution in [3.8, 4) is 0 Å². The van der Waals surface area contributed by atoms with Gasteiger partial charge in [0.25, 0.3) is 0 Å². The number of hydrogen-bond donors (Lipinski definition) is 1. The van der Waals surface area contributed by atoms with Gasteiger partial charge in [0.15, 0.2) is 11.5 Å². The van der Waals surface area contributed by atoms with Crippen LogP contribution in [0.2, 0.25) is 0 Å². The summed E-state index contributed by atoms with van der Waals surface area (Å²) in [6.07, 6.45) is 1.29. The van der Waals surface area contributed by atoms with Gasteiger partial charge in [0, 0.05) is 26.4 Å². The summed E-state index contributed by atoms with van der Waals surface area (Å²) in [5.41, 5.74) is 0. The average Bonchev–Trinajstić information content (AvgIpc) is 2.37. The third-order valence-electron chi connectivity index (χ3n) is 3.07. The molecule has 1 aliphatic rings. The molecule has 0 aliphatic carbocycles. The average molecular weight is 272 g/mol. The number of aliphatic hydroxyl groups is 1. The lowest BCUT2D eigenvalue weighted by Gasteiger charge is -2.35. The normalized spacial score (nSPS) is 28.1. The zero-order valence-electron chi connectivity index (χ0n) is 11.6. The van der Waals surface area contributed by atoms with Gasteiger partial charge in [-0.1, -0.05) is 0 Å². The minimum absolute atomic E-state index is 0.0163. The minimum atomic E-state index is -2.14. The fraction of sp³-hybridized carbons (Fsp3) is 0.692. The molecule has 0 aromatic heterocycles. The van der Waals surface area contributed by atoms with Gasteiger partial charge >= 0.3 is 11.8 Å². The molecule has 0 amide bonds. The Kier molecular flexibility index (Phi) is 5.08. The highest BCUT2D eigenvalue weighted by Gasteiger charge is 2.47. The molecule has 0 spiro atoms. The highest BCUT2D eigenvalue weighted by atomic mass is 16.7. The van der Waals surface area contributed by atoms with Crippen LogP contribution in [0.1, 0.15) is 27.2 Å². The highest BCUT2D eigenvalue weighted by Crippen LogP contribution is 2.33. The Morgan fingerprint density at radius 3 is 2.74 bits per heavy atom. The Balaban J connectivity index is 3.03. The zero-order chi connectivity index (χ0) is 14.6. The largest absolute Gasteiger partial charge is 0.461 e. The van der Waals surface area contributed by atoms with Crippen LogP contribution < -0.4 is 0 Å². The first-order valence-electron chi connectivity index (χ1n) is 6.18. The summed E-state index contributed by atoms with van der Waals surface area (Å²) in [6.45, 7) is 4.84. The van der Waals surface area contributed by atoms with Gasteiger partial charge in [-0.3, -0.25) is 4.79 Å². The molecule has 1 rings (SSSR count). The topological polar surface area (TPSA) is 82.1 Å². The molecule has 0 aromatic rings. The van der Waals surface area contributed by atoms with Crippen molar-refractivity contribution in [2.75, 3.05) is 13.7 Å². The van der Waals surface area contributed by atoms with Crippen molar-refractivity contribution in [2.45, 2.75) is 39.1 Å². The van der Waals surface area contributed by atoms with Crippen LogP contribution in [0.25, 0.3) is 0 Å². The Labute approximate surface area is 112 Å². The number of carbonyl (C=O) groups excluding carboxylic acids is 2. The van der Waals surface area contributed by atoms with E-state index in [4.69, 9.17) is 14.2 Å². The van der Waals surface area contributed by atoms with E-state index in [9.17, 15) is 14.7 Å². The number of ether oxygens (including phenoxy) is 3. The lowest BCUT2D eigenvalue weighted by atomic mass is 9.90. The zero-order valence-corrected chi connectivity index (χ0v) is 11.6. The van der Waals surface area contributed by atoms with E-state index < -0.39 is 11.8 Å². The Morgan fingerprint density at radius 1 is 1.63 bits per heavy atom. The predicted molar refractivity (Wildman–Crippen MR) is 66.0 cm³/mol. The van der Waals surface area contributed by atoms with Crippen molar-refractivity contribution < 1.29 is 28.9 Å². The summed E-state index contributed by atoms with van der Waals surface area (Å²) in [5, 5.41) is 10.3. The SMILES string of the molecule is CCOC(=O)C1(O)CC(C(C)OC)C=C(C(C)=O)O1. The third kappa shape index (κ3) is 3.54. The van der Waals surface area contributed by atoms with Crippen LogP contribution in [0.15, 0.2) is 11.8 Å². The molecule has 0 aromatic carbocycles. The van der Waals surface area contributed by atoms with E-state index >= 15 is 0 Å². The maximum Gasteiger partial charge on any atom is 0.379 e. The van der Waals surface area contributed by atoms with Crippen molar-refractivity contribution in [3.05, 3.63) is 11.8 Å². The molecule has 3 unspecified atom stereocenters. The van der Waals surface area contributed by atoms with E-state index in [2.05, 4.69) is 0 Å². The van der Waals surface area contributed by atoms with Gasteiger partial charge in [-0.05, 0) is 19.9 Å². The van der Waals surface area contributed by atoms with Gasteiger partial charge < -0.3 is 19.3 Å². The number of rotatable bonds is 5. The monoisotopic (exact) mass is 272 g/mol. The van der Waals surface area contributed by atoms with Crippen LogP contribution in [0.4, 0.5) is 0 Å². The van der Waals surface area contributed by atoms with E-state index in [-0.39, 0.29) is 36.6 Å². The molecule has 0 saturated carbocycles. The number of ketones is 1. The second-order valence-electron chi connectivity index (χ2n) is 4.50. The quantitative estimate of drug-likeness (QED) is 0.745. The molecule has 19 heavy (non-hydrogen) atoms. The molecule has 0 bridgehead atoms. The lowest BCUT2D eigenvalue weighted by Crippen LogP contribution is -2.48. The summed E-state index contributed by atoms with van der Waals surface area (Å²) in [6, 6.07) is 0. The van der Waals surface area contributed by atoms with E-state index in [0.29, 0.717) is 0 Å². The number of allylic oxidation sites excluding steroid dienone is 1. The maximum atomic E-state index is 11.8. The molecule has 108 valence electrons. The second-order valence-corrected chi connectivity index (χ2v) is 4.50.